The highest BCUT2D eigenvalue weighted by molar-refractivity contribution is 7.88. The second kappa shape index (κ2) is 10.3. The third-order valence-electron chi connectivity index (χ3n) is 6.93. The van der Waals surface area contributed by atoms with Crippen molar-refractivity contribution in [2.75, 3.05) is 19.3 Å². The zero-order valence-corrected chi connectivity index (χ0v) is 21.2. The number of rotatable bonds is 7. The van der Waals surface area contributed by atoms with Gasteiger partial charge in [0.15, 0.2) is 5.78 Å². The maximum absolute atomic E-state index is 13.2. The van der Waals surface area contributed by atoms with Crippen LogP contribution < -0.4 is 5.56 Å². The van der Waals surface area contributed by atoms with Crippen LogP contribution in [0, 0.1) is 6.92 Å². The molecule has 2 heterocycles. The number of aryl methyl sites for hydroxylation is 2. The Bertz CT molecular complexity index is 1370. The largest absolute Gasteiger partial charge is 0.292 e. The van der Waals surface area contributed by atoms with Crippen molar-refractivity contribution in [1.29, 1.82) is 0 Å². The van der Waals surface area contributed by atoms with Gasteiger partial charge in [-0.3, -0.25) is 9.59 Å². The molecule has 184 valence electrons. The van der Waals surface area contributed by atoms with E-state index in [9.17, 15) is 18.0 Å². The number of hydrogen-bond donors (Lipinski definition) is 0. The average molecular weight is 494 g/mol. The van der Waals surface area contributed by atoms with E-state index in [1.54, 1.807) is 4.31 Å². The van der Waals surface area contributed by atoms with E-state index in [1.807, 2.05) is 25.1 Å². The molecule has 0 bridgehead atoms. The molecule has 2 aromatic carbocycles. The fourth-order valence-corrected chi connectivity index (χ4v) is 5.72. The molecule has 35 heavy (non-hydrogen) atoms. The van der Waals surface area contributed by atoms with Crippen LogP contribution in [0.25, 0.3) is 0 Å². The molecule has 0 saturated carbocycles. The number of benzene rings is 2. The molecule has 1 saturated heterocycles. The highest BCUT2D eigenvalue weighted by Gasteiger charge is 2.26. The Balaban J connectivity index is 1.58. The van der Waals surface area contributed by atoms with Crippen LogP contribution in [0.5, 0.6) is 0 Å². The van der Waals surface area contributed by atoms with Crippen LogP contribution in [0.1, 0.15) is 63.8 Å². The van der Waals surface area contributed by atoms with Crippen LogP contribution in [-0.2, 0) is 17.1 Å². The Morgan fingerprint density at radius 1 is 1.03 bits per heavy atom. The summed E-state index contributed by atoms with van der Waals surface area (Å²) in [5.74, 6) is 0.0466. The maximum atomic E-state index is 13.2. The van der Waals surface area contributed by atoms with Gasteiger partial charge < -0.3 is 0 Å². The van der Waals surface area contributed by atoms with E-state index in [0.717, 1.165) is 29.5 Å². The van der Waals surface area contributed by atoms with Gasteiger partial charge in [0.1, 0.15) is 5.69 Å². The van der Waals surface area contributed by atoms with Crippen LogP contribution in [0.15, 0.2) is 65.5 Å². The zero-order chi connectivity index (χ0) is 25.2. The smallest absolute Gasteiger partial charge is 0.266 e. The van der Waals surface area contributed by atoms with Gasteiger partial charge in [-0.2, -0.15) is 5.10 Å². The van der Waals surface area contributed by atoms with E-state index in [2.05, 4.69) is 35.4 Å². The molecule has 1 aliphatic rings. The van der Waals surface area contributed by atoms with Gasteiger partial charge in [-0.15, -0.1) is 0 Å². The molecule has 1 atom stereocenters. The minimum absolute atomic E-state index is 0.119. The predicted octanol–water partition coefficient (Wildman–Crippen LogP) is 3.63. The zero-order valence-electron chi connectivity index (χ0n) is 20.3. The van der Waals surface area contributed by atoms with Crippen LogP contribution in [-0.4, -0.2) is 47.6 Å². The monoisotopic (exact) mass is 493 g/mol. The Labute approximate surface area is 206 Å². The number of carbonyl (C=O) groups is 1. The maximum Gasteiger partial charge on any atom is 0.266 e. The van der Waals surface area contributed by atoms with Crippen molar-refractivity contribution < 1.29 is 13.2 Å². The molecule has 7 nitrogen and oxygen atoms in total. The quantitative estimate of drug-likeness (QED) is 0.469. The topological polar surface area (TPSA) is 89.3 Å². The van der Waals surface area contributed by atoms with E-state index in [0.29, 0.717) is 19.0 Å². The number of ketones is 1. The van der Waals surface area contributed by atoms with Crippen molar-refractivity contribution in [3.05, 3.63) is 99.0 Å². The summed E-state index contributed by atoms with van der Waals surface area (Å²) in [5.41, 5.74) is 4.44. The molecule has 1 aliphatic heterocycles. The van der Waals surface area contributed by atoms with Crippen LogP contribution in [0.3, 0.4) is 0 Å². The lowest BCUT2D eigenvalue weighted by Gasteiger charge is -2.30. The Morgan fingerprint density at radius 2 is 1.69 bits per heavy atom. The van der Waals surface area contributed by atoms with Gasteiger partial charge in [-0.05, 0) is 54.0 Å². The summed E-state index contributed by atoms with van der Waals surface area (Å²) in [6, 6.07) is 19.3. The molecule has 0 aliphatic carbocycles. The molecule has 1 aromatic heterocycles. The normalized spacial score (nSPS) is 16.2. The molecule has 8 heteroatoms. The first-order chi connectivity index (χ1) is 16.6. The highest BCUT2D eigenvalue weighted by Crippen LogP contribution is 2.34. The molecular weight excluding hydrogens is 462 g/mol. The number of nitrogens with zero attached hydrogens (tertiary/aromatic N) is 3. The first-order valence-corrected chi connectivity index (χ1v) is 13.7. The van der Waals surface area contributed by atoms with Crippen molar-refractivity contribution in [2.45, 2.75) is 38.0 Å². The van der Waals surface area contributed by atoms with Gasteiger partial charge in [0, 0.05) is 38.5 Å². The summed E-state index contributed by atoms with van der Waals surface area (Å²) < 4.78 is 26.4. The van der Waals surface area contributed by atoms with Gasteiger partial charge in [0.25, 0.3) is 5.56 Å². The lowest BCUT2D eigenvalue weighted by molar-refractivity contribution is 0.0970. The van der Waals surface area contributed by atoms with E-state index >= 15 is 0 Å². The van der Waals surface area contributed by atoms with E-state index in [1.165, 1.54) is 35.7 Å². The number of piperidine rings is 1. The molecule has 0 radical (unpaired) electrons. The first kappa shape index (κ1) is 25.0. The molecule has 0 unspecified atom stereocenters. The standard InChI is InChI=1S/C27H31N3O4S/c1-19-6-4-5-7-23(19)24(18-26(31)25-12-13-27(32)29(2)28-25)22-10-8-20(9-11-22)21-14-16-30(17-15-21)35(3,33)34/h4-13,21,24H,14-18H2,1-3H3/t24-/m1/s1. The molecule has 3 aromatic rings. The van der Waals surface area contributed by atoms with Crippen molar-refractivity contribution in [3.63, 3.8) is 0 Å². The lowest BCUT2D eigenvalue weighted by Crippen LogP contribution is -2.37. The van der Waals surface area contributed by atoms with Gasteiger partial charge in [-0.1, -0.05) is 48.5 Å². The second-order valence-corrected chi connectivity index (χ2v) is 11.3. The number of sulfonamides is 1. The molecular formula is C27H31N3O4S. The van der Waals surface area contributed by atoms with E-state index < -0.39 is 10.0 Å². The Hall–Kier alpha value is -3.10. The fourth-order valence-electron chi connectivity index (χ4n) is 4.85. The lowest BCUT2D eigenvalue weighted by atomic mass is 9.82. The Kier molecular flexibility index (Phi) is 7.33. The molecule has 1 fully saturated rings. The Morgan fingerprint density at radius 3 is 2.29 bits per heavy atom. The van der Waals surface area contributed by atoms with E-state index in [4.69, 9.17) is 0 Å². The summed E-state index contributed by atoms with van der Waals surface area (Å²) in [4.78, 5) is 24.9. The van der Waals surface area contributed by atoms with Gasteiger partial charge in [0.2, 0.25) is 10.0 Å². The van der Waals surface area contributed by atoms with Crippen molar-refractivity contribution in [3.8, 4) is 0 Å². The number of carbonyl (C=O) groups excluding carboxylic acids is 1. The fraction of sp³-hybridized carbons (Fsp3) is 0.370. The van der Waals surface area contributed by atoms with Gasteiger partial charge in [-0.25, -0.2) is 17.4 Å². The predicted molar refractivity (Wildman–Crippen MR) is 136 cm³/mol. The van der Waals surface area contributed by atoms with Crippen molar-refractivity contribution in [1.82, 2.24) is 14.1 Å². The third kappa shape index (κ3) is 5.77. The van der Waals surface area contributed by atoms with Crippen molar-refractivity contribution in [2.24, 2.45) is 7.05 Å². The number of Topliss-reactive ketones (excluding diaryl/α,β-unsaturated/α-hetero) is 1. The van der Waals surface area contributed by atoms with E-state index in [-0.39, 0.29) is 29.4 Å². The minimum atomic E-state index is -3.15. The van der Waals surface area contributed by atoms with Crippen LogP contribution in [0.4, 0.5) is 0 Å². The SMILES string of the molecule is Cc1ccccc1[C@H](CC(=O)c1ccc(=O)n(C)n1)c1ccc(C2CCN(S(C)(=O)=O)CC2)cc1. The van der Waals surface area contributed by atoms with Gasteiger partial charge >= 0.3 is 0 Å². The van der Waals surface area contributed by atoms with Crippen LogP contribution in [0.2, 0.25) is 0 Å². The first-order valence-electron chi connectivity index (χ1n) is 11.8. The summed E-state index contributed by atoms with van der Waals surface area (Å²) in [6.45, 7) is 3.12. The summed E-state index contributed by atoms with van der Waals surface area (Å²) in [5, 5.41) is 4.14. The summed E-state index contributed by atoms with van der Waals surface area (Å²) in [6.07, 6.45) is 3.09. The second-order valence-electron chi connectivity index (χ2n) is 9.32. The molecule has 0 amide bonds. The average Bonchev–Trinajstić information content (AvgIpc) is 2.84. The molecule has 4 rings (SSSR count). The molecule has 0 spiro atoms. The third-order valence-corrected chi connectivity index (χ3v) is 8.24. The summed E-state index contributed by atoms with van der Waals surface area (Å²) in [7, 11) is -1.61. The number of aromatic nitrogens is 2. The van der Waals surface area contributed by atoms with Gasteiger partial charge in [0.05, 0.1) is 6.26 Å². The molecule has 0 N–H and O–H groups in total. The highest BCUT2D eigenvalue weighted by atomic mass is 32.2. The minimum Gasteiger partial charge on any atom is -0.292 e. The van der Waals surface area contributed by atoms with Crippen molar-refractivity contribution >= 4 is 15.8 Å². The van der Waals surface area contributed by atoms with Crippen LogP contribution >= 0.6 is 0 Å². The summed E-state index contributed by atoms with van der Waals surface area (Å²) >= 11 is 0. The number of hydrogen-bond acceptors (Lipinski definition) is 5.